The fourth-order valence-corrected chi connectivity index (χ4v) is 3.91. The van der Waals surface area contributed by atoms with E-state index in [-0.39, 0.29) is 5.82 Å². The normalized spacial score (nSPS) is 16.0. The SMILES string of the molecule is Fc1ccccc1-c1cnc2nnc(C3CCN(Cc4ccoc4)CC3)n2c1. The predicted molar refractivity (Wildman–Crippen MR) is 102 cm³/mol. The van der Waals surface area contributed by atoms with E-state index >= 15 is 0 Å². The maximum absolute atomic E-state index is 14.2. The number of furan rings is 1. The summed E-state index contributed by atoms with van der Waals surface area (Å²) in [6, 6.07) is 8.74. The summed E-state index contributed by atoms with van der Waals surface area (Å²) in [5.74, 6) is 1.51. The second-order valence-electron chi connectivity index (χ2n) is 7.23. The highest BCUT2D eigenvalue weighted by atomic mass is 19.1. The molecular formula is C21H20FN5O. The second-order valence-corrected chi connectivity index (χ2v) is 7.23. The van der Waals surface area contributed by atoms with E-state index in [0.29, 0.717) is 17.3 Å². The standard InChI is InChI=1S/C21H20FN5O/c22-19-4-2-1-3-18(19)17-11-23-21-25-24-20(27(21)13-17)16-5-8-26(9-6-16)12-15-7-10-28-14-15/h1-4,7,10-11,13-14,16H,5-6,8-9,12H2. The largest absolute Gasteiger partial charge is 0.472 e. The second kappa shape index (κ2) is 7.16. The monoisotopic (exact) mass is 377 g/mol. The van der Waals surface area contributed by atoms with Gasteiger partial charge in [0.25, 0.3) is 5.78 Å². The van der Waals surface area contributed by atoms with Crippen molar-refractivity contribution in [2.75, 3.05) is 13.1 Å². The van der Waals surface area contributed by atoms with Crippen LogP contribution in [0.5, 0.6) is 0 Å². The van der Waals surface area contributed by atoms with Crippen LogP contribution in [0.25, 0.3) is 16.9 Å². The smallest absolute Gasteiger partial charge is 0.254 e. The number of aromatic nitrogens is 4. The highest BCUT2D eigenvalue weighted by molar-refractivity contribution is 5.63. The Balaban J connectivity index is 1.38. The van der Waals surface area contributed by atoms with Crippen LogP contribution in [0.15, 0.2) is 59.7 Å². The lowest BCUT2D eigenvalue weighted by Crippen LogP contribution is -2.32. The number of hydrogen-bond donors (Lipinski definition) is 0. The number of piperidine rings is 1. The zero-order valence-electron chi connectivity index (χ0n) is 15.3. The van der Waals surface area contributed by atoms with Gasteiger partial charge in [0, 0.05) is 41.5 Å². The number of halogens is 1. The third-order valence-electron chi connectivity index (χ3n) is 5.42. The molecule has 28 heavy (non-hydrogen) atoms. The van der Waals surface area contributed by atoms with Crippen molar-refractivity contribution in [3.05, 3.63) is 72.5 Å². The van der Waals surface area contributed by atoms with Gasteiger partial charge in [-0.3, -0.25) is 9.30 Å². The van der Waals surface area contributed by atoms with Gasteiger partial charge in [-0.15, -0.1) is 10.2 Å². The molecule has 1 fully saturated rings. The molecule has 1 aromatic carbocycles. The van der Waals surface area contributed by atoms with Crippen molar-refractivity contribution in [3.63, 3.8) is 0 Å². The molecule has 1 saturated heterocycles. The highest BCUT2D eigenvalue weighted by Gasteiger charge is 2.25. The van der Waals surface area contributed by atoms with Crippen LogP contribution in [-0.4, -0.2) is 37.6 Å². The molecule has 0 N–H and O–H groups in total. The van der Waals surface area contributed by atoms with Crippen LogP contribution < -0.4 is 0 Å². The molecule has 7 heteroatoms. The molecule has 3 aromatic heterocycles. The van der Waals surface area contributed by atoms with Gasteiger partial charge in [-0.2, -0.15) is 0 Å². The third-order valence-corrected chi connectivity index (χ3v) is 5.42. The molecule has 1 aliphatic heterocycles. The average molecular weight is 377 g/mol. The van der Waals surface area contributed by atoms with Gasteiger partial charge in [0.15, 0.2) is 0 Å². The van der Waals surface area contributed by atoms with Crippen molar-refractivity contribution in [3.8, 4) is 11.1 Å². The maximum Gasteiger partial charge on any atom is 0.254 e. The molecule has 6 nitrogen and oxygen atoms in total. The maximum atomic E-state index is 14.2. The summed E-state index contributed by atoms with van der Waals surface area (Å²) in [5.41, 5.74) is 2.46. The van der Waals surface area contributed by atoms with E-state index in [1.54, 1.807) is 30.9 Å². The van der Waals surface area contributed by atoms with Gasteiger partial charge in [0.2, 0.25) is 0 Å². The number of benzene rings is 1. The first kappa shape index (κ1) is 17.1. The van der Waals surface area contributed by atoms with Crippen LogP contribution in [0.1, 0.15) is 30.1 Å². The van der Waals surface area contributed by atoms with Crippen molar-refractivity contribution in [2.45, 2.75) is 25.3 Å². The van der Waals surface area contributed by atoms with E-state index in [4.69, 9.17) is 4.42 Å². The van der Waals surface area contributed by atoms with Gasteiger partial charge < -0.3 is 4.42 Å². The minimum absolute atomic E-state index is 0.258. The van der Waals surface area contributed by atoms with Crippen LogP contribution in [0.3, 0.4) is 0 Å². The predicted octanol–water partition coefficient (Wildman–Crippen LogP) is 3.90. The molecule has 0 radical (unpaired) electrons. The van der Waals surface area contributed by atoms with Crippen LogP contribution in [-0.2, 0) is 6.54 Å². The summed E-state index contributed by atoms with van der Waals surface area (Å²) < 4.78 is 21.2. The van der Waals surface area contributed by atoms with Crippen molar-refractivity contribution >= 4 is 5.78 Å². The van der Waals surface area contributed by atoms with Crippen LogP contribution in [0.2, 0.25) is 0 Å². The van der Waals surface area contributed by atoms with Crippen molar-refractivity contribution in [1.82, 2.24) is 24.5 Å². The Morgan fingerprint density at radius 2 is 1.96 bits per heavy atom. The molecule has 1 aliphatic rings. The van der Waals surface area contributed by atoms with Crippen molar-refractivity contribution in [2.24, 2.45) is 0 Å². The van der Waals surface area contributed by atoms with Gasteiger partial charge in [0.1, 0.15) is 11.6 Å². The molecule has 0 atom stereocenters. The first-order valence-corrected chi connectivity index (χ1v) is 9.47. The van der Waals surface area contributed by atoms with E-state index in [1.165, 1.54) is 11.6 Å². The van der Waals surface area contributed by atoms with Crippen LogP contribution >= 0.6 is 0 Å². The first-order chi connectivity index (χ1) is 13.8. The number of hydrogen-bond acceptors (Lipinski definition) is 5. The zero-order valence-corrected chi connectivity index (χ0v) is 15.3. The lowest BCUT2D eigenvalue weighted by molar-refractivity contribution is 0.201. The summed E-state index contributed by atoms with van der Waals surface area (Å²) in [4.78, 5) is 6.81. The number of fused-ring (bicyclic) bond motifs is 1. The molecule has 0 unspecified atom stereocenters. The first-order valence-electron chi connectivity index (χ1n) is 9.47. The van der Waals surface area contributed by atoms with Gasteiger partial charge in [0.05, 0.1) is 12.5 Å². The summed E-state index contributed by atoms with van der Waals surface area (Å²) in [6.07, 6.45) is 9.07. The van der Waals surface area contributed by atoms with Crippen molar-refractivity contribution < 1.29 is 8.81 Å². The van der Waals surface area contributed by atoms with Gasteiger partial charge in [-0.25, -0.2) is 9.37 Å². The molecule has 0 saturated carbocycles. The Bertz CT molecular complexity index is 1080. The Hall–Kier alpha value is -3.06. The molecule has 5 rings (SSSR count). The highest BCUT2D eigenvalue weighted by Crippen LogP contribution is 2.29. The minimum Gasteiger partial charge on any atom is -0.472 e. The van der Waals surface area contributed by atoms with Crippen LogP contribution in [0, 0.1) is 5.82 Å². The van der Waals surface area contributed by atoms with E-state index < -0.39 is 0 Å². The fraction of sp³-hybridized carbons (Fsp3) is 0.286. The topological polar surface area (TPSA) is 59.5 Å². The van der Waals surface area contributed by atoms with E-state index in [1.807, 2.05) is 22.7 Å². The molecule has 0 aliphatic carbocycles. The summed E-state index contributed by atoms with van der Waals surface area (Å²) in [5, 5.41) is 8.61. The third kappa shape index (κ3) is 3.18. The van der Waals surface area contributed by atoms with E-state index in [2.05, 4.69) is 20.1 Å². The summed E-state index contributed by atoms with van der Waals surface area (Å²) >= 11 is 0. The van der Waals surface area contributed by atoms with Gasteiger partial charge >= 0.3 is 0 Å². The average Bonchev–Trinajstić information content (AvgIpc) is 3.38. The minimum atomic E-state index is -0.258. The summed E-state index contributed by atoms with van der Waals surface area (Å²) in [6.45, 7) is 2.89. The molecule has 0 amide bonds. The number of nitrogens with zero attached hydrogens (tertiary/aromatic N) is 5. The Morgan fingerprint density at radius 3 is 2.75 bits per heavy atom. The molecule has 4 aromatic rings. The van der Waals surface area contributed by atoms with E-state index in [9.17, 15) is 4.39 Å². The molecule has 0 spiro atoms. The number of likely N-dealkylation sites (tertiary alicyclic amines) is 1. The Kier molecular flexibility index (Phi) is 4.37. The van der Waals surface area contributed by atoms with Gasteiger partial charge in [-0.05, 0) is 38.1 Å². The molecule has 0 bridgehead atoms. The van der Waals surface area contributed by atoms with Crippen molar-refractivity contribution in [1.29, 1.82) is 0 Å². The quantitative estimate of drug-likeness (QED) is 0.540. The Labute approximate surface area is 161 Å². The molecule has 142 valence electrons. The van der Waals surface area contributed by atoms with Crippen LogP contribution in [0.4, 0.5) is 4.39 Å². The van der Waals surface area contributed by atoms with E-state index in [0.717, 1.165) is 43.9 Å². The Morgan fingerprint density at radius 1 is 1.11 bits per heavy atom. The molecule has 4 heterocycles. The molecular weight excluding hydrogens is 357 g/mol. The van der Waals surface area contributed by atoms with Gasteiger partial charge in [-0.1, -0.05) is 18.2 Å². The fourth-order valence-electron chi connectivity index (χ4n) is 3.91. The zero-order chi connectivity index (χ0) is 18.9. The summed E-state index contributed by atoms with van der Waals surface area (Å²) in [7, 11) is 0. The lowest BCUT2D eigenvalue weighted by Gasteiger charge is -2.30. The lowest BCUT2D eigenvalue weighted by atomic mass is 9.95. The number of rotatable bonds is 4.